The van der Waals surface area contributed by atoms with Crippen LogP contribution in [-0.4, -0.2) is 5.91 Å². The molecule has 0 unspecified atom stereocenters. The molecule has 0 saturated heterocycles. The second-order valence-corrected chi connectivity index (χ2v) is 9.65. The molecule has 1 amide bonds. The van der Waals surface area contributed by atoms with Crippen LogP contribution in [0.1, 0.15) is 64.9 Å². The fourth-order valence-corrected chi connectivity index (χ4v) is 6.31. The fourth-order valence-electron chi connectivity index (χ4n) is 6.31. The molecule has 0 bridgehead atoms. The lowest BCUT2D eigenvalue weighted by atomic mass is 9.47. The molecule has 3 heteroatoms. The SMILES string of the molecule is C=C1CC[C@H]2C(C)(C)CCC[C@]2(C)[C@H]1C/C=C1\C(=O)Nc2cc(F)ccc21. The van der Waals surface area contributed by atoms with Crippen molar-refractivity contribution in [3.05, 3.63) is 47.8 Å². The van der Waals surface area contributed by atoms with Gasteiger partial charge in [0.15, 0.2) is 0 Å². The maximum atomic E-state index is 13.5. The van der Waals surface area contributed by atoms with Crippen LogP contribution in [0.2, 0.25) is 0 Å². The topological polar surface area (TPSA) is 29.1 Å². The molecule has 3 aliphatic rings. The summed E-state index contributed by atoms with van der Waals surface area (Å²) in [5.41, 5.74) is 4.02. The lowest BCUT2D eigenvalue weighted by molar-refractivity contribution is -0.110. The number of carbonyl (C=O) groups is 1. The standard InChI is InChI=1S/C24H30FNO/c1-15-6-11-21-23(2,3)12-5-13-24(21,4)19(15)10-9-18-17-8-7-16(25)14-20(17)26-22(18)27/h7-9,14,19,21H,1,5-6,10-13H2,2-4H3,(H,26,27)/b18-9-/t19-,21-,24+/m0/s1. The molecule has 1 aliphatic heterocycles. The van der Waals surface area contributed by atoms with Gasteiger partial charge in [-0.15, -0.1) is 0 Å². The van der Waals surface area contributed by atoms with E-state index in [1.54, 1.807) is 6.07 Å². The Hall–Kier alpha value is -1.90. The average molecular weight is 368 g/mol. The van der Waals surface area contributed by atoms with Crippen LogP contribution in [0.25, 0.3) is 5.57 Å². The summed E-state index contributed by atoms with van der Waals surface area (Å²) in [5, 5.41) is 2.80. The number of halogens is 1. The van der Waals surface area contributed by atoms with Gasteiger partial charge in [-0.2, -0.15) is 0 Å². The Morgan fingerprint density at radius 2 is 2.07 bits per heavy atom. The summed E-state index contributed by atoms with van der Waals surface area (Å²) in [5.74, 6) is 0.658. The van der Waals surface area contributed by atoms with Crippen LogP contribution in [0.3, 0.4) is 0 Å². The highest BCUT2D eigenvalue weighted by molar-refractivity contribution is 6.31. The summed E-state index contributed by atoms with van der Waals surface area (Å²) in [6, 6.07) is 4.53. The first-order chi connectivity index (χ1) is 12.7. The Morgan fingerprint density at radius 1 is 1.30 bits per heavy atom. The van der Waals surface area contributed by atoms with Gasteiger partial charge in [-0.1, -0.05) is 45.4 Å². The number of anilines is 1. The number of rotatable bonds is 2. The van der Waals surface area contributed by atoms with Crippen molar-refractivity contribution >= 4 is 17.2 Å². The summed E-state index contributed by atoms with van der Waals surface area (Å²) in [6.45, 7) is 11.7. The Bertz CT molecular complexity index is 837. The Labute approximate surface area is 161 Å². The summed E-state index contributed by atoms with van der Waals surface area (Å²) in [4.78, 5) is 12.4. The van der Waals surface area contributed by atoms with Crippen molar-refractivity contribution in [3.63, 3.8) is 0 Å². The predicted octanol–water partition coefficient (Wildman–Crippen LogP) is 6.35. The van der Waals surface area contributed by atoms with E-state index in [-0.39, 0.29) is 17.1 Å². The summed E-state index contributed by atoms with van der Waals surface area (Å²) >= 11 is 0. The van der Waals surface area contributed by atoms with E-state index < -0.39 is 0 Å². The second-order valence-electron chi connectivity index (χ2n) is 9.65. The molecule has 0 aromatic heterocycles. The molecule has 27 heavy (non-hydrogen) atoms. The second kappa shape index (κ2) is 6.32. The number of allylic oxidation sites excluding steroid dienone is 2. The van der Waals surface area contributed by atoms with Crippen molar-refractivity contribution < 1.29 is 9.18 Å². The van der Waals surface area contributed by atoms with E-state index in [9.17, 15) is 9.18 Å². The number of fused-ring (bicyclic) bond motifs is 2. The highest BCUT2D eigenvalue weighted by Crippen LogP contribution is 2.61. The molecule has 1 aromatic carbocycles. The minimum absolute atomic E-state index is 0.123. The molecule has 2 fully saturated rings. The van der Waals surface area contributed by atoms with Crippen LogP contribution in [0.4, 0.5) is 10.1 Å². The molecule has 2 saturated carbocycles. The average Bonchev–Trinajstić information content (AvgIpc) is 2.88. The van der Waals surface area contributed by atoms with Crippen LogP contribution in [0.5, 0.6) is 0 Å². The third kappa shape index (κ3) is 2.96. The quantitative estimate of drug-likeness (QED) is 0.479. The number of nitrogens with one attached hydrogen (secondary N) is 1. The van der Waals surface area contributed by atoms with Gasteiger partial charge < -0.3 is 5.32 Å². The zero-order chi connectivity index (χ0) is 19.4. The van der Waals surface area contributed by atoms with Gasteiger partial charge in [-0.3, -0.25) is 4.79 Å². The Morgan fingerprint density at radius 3 is 2.85 bits per heavy atom. The van der Waals surface area contributed by atoms with E-state index >= 15 is 0 Å². The molecule has 4 rings (SSSR count). The fraction of sp³-hybridized carbons (Fsp3) is 0.542. The number of amides is 1. The van der Waals surface area contributed by atoms with Gasteiger partial charge >= 0.3 is 0 Å². The lowest BCUT2D eigenvalue weighted by Gasteiger charge is -2.58. The Kier molecular flexibility index (Phi) is 4.32. The minimum atomic E-state index is -0.323. The molecule has 0 spiro atoms. The maximum Gasteiger partial charge on any atom is 0.256 e. The van der Waals surface area contributed by atoms with Crippen LogP contribution in [-0.2, 0) is 4.79 Å². The molecular weight excluding hydrogens is 337 g/mol. The van der Waals surface area contributed by atoms with Gasteiger partial charge in [-0.05, 0) is 73.0 Å². The number of hydrogen-bond donors (Lipinski definition) is 1. The first-order valence-corrected chi connectivity index (χ1v) is 10.2. The molecule has 0 radical (unpaired) electrons. The van der Waals surface area contributed by atoms with Crippen LogP contribution >= 0.6 is 0 Å². The van der Waals surface area contributed by atoms with Gasteiger partial charge in [0.2, 0.25) is 0 Å². The van der Waals surface area contributed by atoms with Crippen molar-refractivity contribution in [2.75, 3.05) is 5.32 Å². The molecule has 144 valence electrons. The first-order valence-electron chi connectivity index (χ1n) is 10.2. The van der Waals surface area contributed by atoms with E-state index in [1.807, 2.05) is 0 Å². The smallest absolute Gasteiger partial charge is 0.256 e. The zero-order valence-electron chi connectivity index (χ0n) is 16.7. The van der Waals surface area contributed by atoms with Crippen LogP contribution in [0, 0.1) is 28.5 Å². The summed E-state index contributed by atoms with van der Waals surface area (Å²) in [7, 11) is 0. The highest BCUT2D eigenvalue weighted by atomic mass is 19.1. The molecule has 1 aromatic rings. The maximum absolute atomic E-state index is 13.5. The molecular formula is C24H30FNO. The summed E-state index contributed by atoms with van der Waals surface area (Å²) < 4.78 is 13.5. The van der Waals surface area contributed by atoms with Crippen molar-refractivity contribution in [3.8, 4) is 0 Å². The lowest BCUT2D eigenvalue weighted by Crippen LogP contribution is -2.49. The van der Waals surface area contributed by atoms with Gasteiger partial charge in [0.25, 0.3) is 5.91 Å². The van der Waals surface area contributed by atoms with E-state index in [4.69, 9.17) is 0 Å². The van der Waals surface area contributed by atoms with Gasteiger partial charge in [0.05, 0.1) is 5.69 Å². The van der Waals surface area contributed by atoms with Crippen molar-refractivity contribution in [2.45, 2.75) is 59.3 Å². The summed E-state index contributed by atoms with van der Waals surface area (Å²) in [6.07, 6.45) is 9.04. The first kappa shape index (κ1) is 18.5. The number of benzene rings is 1. The van der Waals surface area contributed by atoms with Crippen LogP contribution in [0.15, 0.2) is 36.4 Å². The highest BCUT2D eigenvalue weighted by Gasteiger charge is 2.52. The third-order valence-electron chi connectivity index (χ3n) is 7.64. The zero-order valence-corrected chi connectivity index (χ0v) is 16.7. The van der Waals surface area contributed by atoms with Gasteiger partial charge in [0, 0.05) is 11.1 Å². The molecule has 2 nitrogen and oxygen atoms in total. The van der Waals surface area contributed by atoms with E-state index in [1.165, 1.54) is 43.4 Å². The van der Waals surface area contributed by atoms with E-state index in [0.717, 1.165) is 18.4 Å². The number of carbonyl (C=O) groups excluding carboxylic acids is 1. The van der Waals surface area contributed by atoms with Crippen molar-refractivity contribution in [1.29, 1.82) is 0 Å². The van der Waals surface area contributed by atoms with Crippen molar-refractivity contribution in [1.82, 2.24) is 0 Å². The van der Waals surface area contributed by atoms with Crippen molar-refractivity contribution in [2.24, 2.45) is 22.7 Å². The molecule has 1 heterocycles. The third-order valence-corrected chi connectivity index (χ3v) is 7.64. The molecule has 2 aliphatic carbocycles. The van der Waals surface area contributed by atoms with Gasteiger partial charge in [-0.25, -0.2) is 4.39 Å². The monoisotopic (exact) mass is 367 g/mol. The largest absolute Gasteiger partial charge is 0.321 e. The normalized spacial score (nSPS) is 33.6. The van der Waals surface area contributed by atoms with Gasteiger partial charge in [0.1, 0.15) is 5.82 Å². The predicted molar refractivity (Wildman–Crippen MR) is 109 cm³/mol. The molecule has 3 atom stereocenters. The number of hydrogen-bond acceptors (Lipinski definition) is 1. The molecule has 1 N–H and O–H groups in total. The van der Waals surface area contributed by atoms with E-state index in [2.05, 4.69) is 38.7 Å². The Balaban J connectivity index is 1.65. The minimum Gasteiger partial charge on any atom is -0.321 e. The van der Waals surface area contributed by atoms with E-state index in [0.29, 0.717) is 28.5 Å². The van der Waals surface area contributed by atoms with Crippen LogP contribution < -0.4 is 5.32 Å².